The Kier molecular flexibility index (Phi) is 9.84. The number of aliphatic hydroxyl groups is 2. The number of hydrogen-bond donors (Lipinski definition) is 3. The molecule has 5 rings (SSSR count). The summed E-state index contributed by atoms with van der Waals surface area (Å²) in [6.45, 7) is 15.9. The molecule has 4 saturated carbocycles. The first-order chi connectivity index (χ1) is 21.0. The first kappa shape index (κ1) is 34.7. The van der Waals surface area contributed by atoms with Gasteiger partial charge in [-0.05, 0) is 133 Å². The maximum atomic E-state index is 12.7. The van der Waals surface area contributed by atoms with Crippen LogP contribution in [0, 0.1) is 52.3 Å². The van der Waals surface area contributed by atoms with Gasteiger partial charge in [-0.2, -0.15) is 0 Å². The Bertz CT molecular complexity index is 1310. The second-order valence-electron chi connectivity index (χ2n) is 16.8. The summed E-state index contributed by atoms with van der Waals surface area (Å²) >= 11 is 0. The predicted octanol–water partition coefficient (Wildman–Crippen LogP) is 7.44. The molecule has 3 N–H and O–H groups in total. The Hall–Kier alpha value is -1.64. The first-order valence-corrected chi connectivity index (χ1v) is 19.2. The van der Waals surface area contributed by atoms with Crippen molar-refractivity contribution in [2.45, 2.75) is 135 Å². The minimum Gasteiger partial charge on any atom is -0.449 e. The fraction of sp³-hybridized carbons (Fsp3) is 0.811. The van der Waals surface area contributed by atoms with Crippen molar-refractivity contribution >= 4 is 16.1 Å². The van der Waals surface area contributed by atoms with E-state index in [1.54, 1.807) is 12.1 Å². The van der Waals surface area contributed by atoms with Crippen LogP contribution in [0.5, 0.6) is 0 Å². The molecule has 0 spiro atoms. The first-order valence-electron chi connectivity index (χ1n) is 17.7. The van der Waals surface area contributed by atoms with Gasteiger partial charge in [0.1, 0.15) is 0 Å². The summed E-state index contributed by atoms with van der Waals surface area (Å²) in [6, 6.07) is 6.59. The second kappa shape index (κ2) is 12.8. The number of rotatable bonds is 8. The lowest BCUT2D eigenvalue weighted by molar-refractivity contribution is -0.203. The smallest absolute Gasteiger partial charge is 0.421 e. The van der Waals surface area contributed by atoms with Gasteiger partial charge in [0.2, 0.25) is 0 Å². The Labute approximate surface area is 272 Å². The van der Waals surface area contributed by atoms with E-state index < -0.39 is 16.1 Å². The molecule has 1 amide bonds. The van der Waals surface area contributed by atoms with E-state index in [1.165, 1.54) is 25.0 Å². The highest BCUT2D eigenvalue weighted by atomic mass is 32.2. The van der Waals surface area contributed by atoms with E-state index in [-0.39, 0.29) is 45.9 Å². The zero-order valence-electron chi connectivity index (χ0n) is 28.7. The van der Waals surface area contributed by atoms with Gasteiger partial charge in [-0.15, -0.1) is 0 Å². The maximum Gasteiger partial charge on any atom is 0.421 e. The molecule has 0 saturated heterocycles. The lowest BCUT2D eigenvalue weighted by Gasteiger charge is -2.64. The molecular formula is C37H59NO6S. The molecule has 0 unspecified atom stereocenters. The Morgan fingerprint density at radius 2 is 1.64 bits per heavy atom. The molecule has 4 aliphatic rings. The quantitative estimate of drug-likeness (QED) is 0.253. The summed E-state index contributed by atoms with van der Waals surface area (Å²) in [7, 11) is -4.00. The lowest BCUT2D eigenvalue weighted by Crippen LogP contribution is -2.62. The molecule has 8 heteroatoms. The van der Waals surface area contributed by atoms with Crippen LogP contribution in [0.4, 0.5) is 4.79 Å². The average molecular weight is 646 g/mol. The van der Waals surface area contributed by atoms with Crippen molar-refractivity contribution < 1.29 is 28.2 Å². The zero-order valence-corrected chi connectivity index (χ0v) is 29.5. The van der Waals surface area contributed by atoms with Gasteiger partial charge in [-0.1, -0.05) is 67.0 Å². The van der Waals surface area contributed by atoms with Crippen molar-refractivity contribution in [3.8, 4) is 0 Å². The van der Waals surface area contributed by atoms with Gasteiger partial charge in [0, 0.05) is 0 Å². The summed E-state index contributed by atoms with van der Waals surface area (Å²) in [6.07, 6.45) is 8.60. The van der Waals surface area contributed by atoms with Crippen molar-refractivity contribution in [1.29, 1.82) is 0 Å². The molecule has 0 bridgehead atoms. The minimum absolute atomic E-state index is 0.0405. The minimum atomic E-state index is -4.00. The van der Waals surface area contributed by atoms with Gasteiger partial charge in [0.15, 0.2) is 0 Å². The van der Waals surface area contributed by atoms with E-state index in [4.69, 9.17) is 4.74 Å². The molecule has 0 aromatic heterocycles. The number of sulfonamides is 1. The van der Waals surface area contributed by atoms with Crippen LogP contribution in [0.15, 0.2) is 29.2 Å². The molecule has 1 aromatic rings. The lowest BCUT2D eigenvalue weighted by atomic mass is 9.41. The Morgan fingerprint density at radius 1 is 1.00 bits per heavy atom. The third-order valence-electron chi connectivity index (χ3n) is 13.4. The molecule has 0 aliphatic heterocycles. The molecular weight excluding hydrogens is 586 g/mol. The van der Waals surface area contributed by atoms with E-state index in [9.17, 15) is 23.4 Å². The largest absolute Gasteiger partial charge is 0.449 e. The molecule has 4 fully saturated rings. The third-order valence-corrected chi connectivity index (χ3v) is 14.8. The SMILES string of the molecule is CC[C@H]1[C@@H](O)[C@@H]2[C@H](CC[C@]3(C)[C@@H]([C@H](C)CCCOC(=O)NS(=O)(=O)c4ccc(C(C)(C)C)cc4)CC[C@@H]23)[C@@]2(C)CC[C@@H](O)C[C@@H]12. The van der Waals surface area contributed by atoms with Crippen molar-refractivity contribution in [3.05, 3.63) is 29.8 Å². The summed E-state index contributed by atoms with van der Waals surface area (Å²) in [5.41, 5.74) is 1.31. The summed E-state index contributed by atoms with van der Waals surface area (Å²) in [5.74, 6) is 3.05. The fourth-order valence-electron chi connectivity index (χ4n) is 11.0. The molecule has 1 aromatic carbocycles. The van der Waals surface area contributed by atoms with Crippen LogP contribution in [-0.2, 0) is 20.2 Å². The monoisotopic (exact) mass is 645 g/mol. The van der Waals surface area contributed by atoms with Crippen LogP contribution < -0.4 is 4.72 Å². The summed E-state index contributed by atoms with van der Waals surface area (Å²) < 4.78 is 32.8. The van der Waals surface area contributed by atoms with Crippen LogP contribution in [-0.4, -0.2) is 43.5 Å². The number of nitrogens with one attached hydrogen (secondary N) is 1. The van der Waals surface area contributed by atoms with Crippen molar-refractivity contribution in [3.63, 3.8) is 0 Å². The Balaban J connectivity index is 1.15. The third kappa shape index (κ3) is 6.46. The number of ether oxygens (including phenoxy) is 1. The molecule has 0 heterocycles. The highest BCUT2D eigenvalue weighted by Crippen LogP contribution is 2.69. The van der Waals surface area contributed by atoms with Crippen molar-refractivity contribution in [2.24, 2.45) is 52.3 Å². The molecule has 4 aliphatic carbocycles. The number of carbonyl (C=O) groups is 1. The van der Waals surface area contributed by atoms with Crippen LogP contribution in [0.25, 0.3) is 0 Å². The number of hydrogen-bond acceptors (Lipinski definition) is 6. The predicted molar refractivity (Wildman–Crippen MR) is 177 cm³/mol. The zero-order chi connectivity index (χ0) is 32.9. The van der Waals surface area contributed by atoms with Crippen LogP contribution >= 0.6 is 0 Å². The number of fused-ring (bicyclic) bond motifs is 5. The van der Waals surface area contributed by atoms with Gasteiger partial charge >= 0.3 is 6.09 Å². The highest BCUT2D eigenvalue weighted by Gasteiger charge is 2.64. The molecule has 0 radical (unpaired) electrons. The van der Waals surface area contributed by atoms with Crippen molar-refractivity contribution in [2.75, 3.05) is 6.61 Å². The summed E-state index contributed by atoms with van der Waals surface area (Å²) in [4.78, 5) is 12.4. The van der Waals surface area contributed by atoms with E-state index in [1.807, 2.05) is 0 Å². The van der Waals surface area contributed by atoms with E-state index in [2.05, 4.69) is 53.2 Å². The molecule has 11 atom stereocenters. The van der Waals surface area contributed by atoms with Gasteiger partial charge in [-0.25, -0.2) is 17.9 Å². The van der Waals surface area contributed by atoms with Crippen LogP contribution in [0.1, 0.15) is 118 Å². The van der Waals surface area contributed by atoms with Gasteiger partial charge in [0.25, 0.3) is 10.0 Å². The van der Waals surface area contributed by atoms with Gasteiger partial charge in [-0.3, -0.25) is 0 Å². The van der Waals surface area contributed by atoms with E-state index in [0.717, 1.165) is 50.5 Å². The van der Waals surface area contributed by atoms with Crippen LogP contribution in [0.3, 0.4) is 0 Å². The standard InChI is InChI=1S/C37H59NO6S/c1-8-27-31-22-25(39)17-19-37(31,7)30-18-20-36(6)28(15-16-29(36)32(30)33(27)40)23(2)10-9-21-44-34(41)38-45(42,43)26-13-11-24(12-14-26)35(3,4)5/h11-14,23,25,27-33,39-40H,8-10,15-22H2,1-7H3,(H,38,41)/t23-,25-,27-,28-,29+,30+,31+,32+,33-,36-,37-/m1/s1. The van der Waals surface area contributed by atoms with Crippen molar-refractivity contribution in [1.82, 2.24) is 4.72 Å². The number of aliphatic hydroxyl groups excluding tert-OH is 2. The number of amides is 1. The van der Waals surface area contributed by atoms with Crippen LogP contribution in [0.2, 0.25) is 0 Å². The van der Waals surface area contributed by atoms with Gasteiger partial charge < -0.3 is 14.9 Å². The average Bonchev–Trinajstić information content (AvgIpc) is 3.33. The van der Waals surface area contributed by atoms with E-state index in [0.29, 0.717) is 41.9 Å². The van der Waals surface area contributed by atoms with Gasteiger partial charge in [0.05, 0.1) is 23.7 Å². The Morgan fingerprint density at radius 3 is 2.29 bits per heavy atom. The number of carbonyl (C=O) groups excluding carboxylic acids is 1. The molecule has 254 valence electrons. The molecule has 7 nitrogen and oxygen atoms in total. The fourth-order valence-corrected chi connectivity index (χ4v) is 11.9. The maximum absolute atomic E-state index is 12.7. The molecule has 45 heavy (non-hydrogen) atoms. The second-order valence-corrected chi connectivity index (χ2v) is 18.4. The topological polar surface area (TPSA) is 113 Å². The normalized spacial score (nSPS) is 38.9. The highest BCUT2D eigenvalue weighted by molar-refractivity contribution is 7.90. The van der Waals surface area contributed by atoms with E-state index >= 15 is 0 Å². The number of benzene rings is 1. The summed E-state index contributed by atoms with van der Waals surface area (Å²) in [5, 5.41) is 22.5.